The molecular formula is C12H18N4O2. The van der Waals surface area contributed by atoms with E-state index in [0.717, 1.165) is 25.9 Å². The summed E-state index contributed by atoms with van der Waals surface area (Å²) in [4.78, 5) is 20.4. The zero-order chi connectivity index (χ0) is 12.8. The number of ether oxygens (including phenoxy) is 1. The van der Waals surface area contributed by atoms with Crippen molar-refractivity contribution >= 4 is 11.9 Å². The van der Waals surface area contributed by atoms with Gasteiger partial charge in [0.2, 0.25) is 11.9 Å². The first-order valence-corrected chi connectivity index (χ1v) is 6.05. The first kappa shape index (κ1) is 12.9. The molecular weight excluding hydrogens is 232 g/mol. The number of nitrogens with one attached hydrogen (secondary N) is 2. The van der Waals surface area contributed by atoms with Crippen LogP contribution >= 0.6 is 0 Å². The maximum Gasteiger partial charge on any atom is 0.235 e. The van der Waals surface area contributed by atoms with E-state index in [9.17, 15) is 4.79 Å². The third-order valence-corrected chi connectivity index (χ3v) is 3.25. The summed E-state index contributed by atoms with van der Waals surface area (Å²) in [6, 6.07) is 1.71. The standard InChI is InChI=1S/C12H18N4O2/c1-18-9-12(3-7-13-8-4-12)10(17)16-11-14-5-2-6-15-11/h2,5-6,13H,3-4,7-9H2,1H3,(H,14,15,16,17). The number of hydrogen-bond donors (Lipinski definition) is 2. The fourth-order valence-corrected chi connectivity index (χ4v) is 2.22. The molecule has 0 bridgehead atoms. The van der Waals surface area contributed by atoms with Crippen LogP contribution in [0.1, 0.15) is 12.8 Å². The monoisotopic (exact) mass is 250 g/mol. The van der Waals surface area contributed by atoms with Crippen molar-refractivity contribution in [1.82, 2.24) is 15.3 Å². The average molecular weight is 250 g/mol. The highest BCUT2D eigenvalue weighted by Crippen LogP contribution is 2.30. The fraction of sp³-hybridized carbons (Fsp3) is 0.583. The number of anilines is 1. The predicted molar refractivity (Wildman–Crippen MR) is 67.1 cm³/mol. The molecule has 98 valence electrons. The quantitative estimate of drug-likeness (QED) is 0.810. The molecule has 6 nitrogen and oxygen atoms in total. The Balaban J connectivity index is 2.08. The molecule has 6 heteroatoms. The number of piperidine rings is 1. The van der Waals surface area contributed by atoms with Gasteiger partial charge in [0.05, 0.1) is 12.0 Å². The molecule has 18 heavy (non-hydrogen) atoms. The minimum atomic E-state index is -0.473. The molecule has 0 aromatic carbocycles. The Morgan fingerprint density at radius 1 is 1.44 bits per heavy atom. The van der Waals surface area contributed by atoms with Crippen molar-refractivity contribution in [1.29, 1.82) is 0 Å². The second-order valence-electron chi connectivity index (χ2n) is 4.49. The summed E-state index contributed by atoms with van der Waals surface area (Å²) in [5.41, 5.74) is -0.473. The average Bonchev–Trinajstić information content (AvgIpc) is 2.41. The van der Waals surface area contributed by atoms with Gasteiger partial charge in [0.25, 0.3) is 0 Å². The molecule has 2 heterocycles. The van der Waals surface area contributed by atoms with E-state index in [-0.39, 0.29) is 5.91 Å². The van der Waals surface area contributed by atoms with Gasteiger partial charge in [-0.1, -0.05) is 0 Å². The lowest BCUT2D eigenvalue weighted by atomic mass is 9.79. The molecule has 0 saturated carbocycles. The number of rotatable bonds is 4. The summed E-state index contributed by atoms with van der Waals surface area (Å²) in [7, 11) is 1.62. The van der Waals surface area contributed by atoms with Gasteiger partial charge in [0.15, 0.2) is 0 Å². The van der Waals surface area contributed by atoms with Gasteiger partial charge in [0.1, 0.15) is 0 Å². The number of carbonyl (C=O) groups is 1. The van der Waals surface area contributed by atoms with Crippen LogP contribution in [0, 0.1) is 5.41 Å². The van der Waals surface area contributed by atoms with Crippen LogP contribution in [-0.2, 0) is 9.53 Å². The number of nitrogens with zero attached hydrogens (tertiary/aromatic N) is 2. The normalized spacial score (nSPS) is 18.3. The highest BCUT2D eigenvalue weighted by Gasteiger charge is 2.39. The molecule has 1 aliphatic rings. The summed E-state index contributed by atoms with van der Waals surface area (Å²) in [5, 5.41) is 6.02. The molecule has 1 aromatic rings. The largest absolute Gasteiger partial charge is 0.384 e. The van der Waals surface area contributed by atoms with Crippen LogP contribution in [0.5, 0.6) is 0 Å². The molecule has 1 aliphatic heterocycles. The molecule has 0 radical (unpaired) electrons. The molecule has 1 amide bonds. The molecule has 1 aromatic heterocycles. The van der Waals surface area contributed by atoms with E-state index >= 15 is 0 Å². The zero-order valence-electron chi connectivity index (χ0n) is 10.5. The third kappa shape index (κ3) is 2.83. The highest BCUT2D eigenvalue weighted by atomic mass is 16.5. The van der Waals surface area contributed by atoms with Gasteiger partial charge in [-0.15, -0.1) is 0 Å². The van der Waals surface area contributed by atoms with Crippen molar-refractivity contribution in [2.24, 2.45) is 5.41 Å². The van der Waals surface area contributed by atoms with Crippen LogP contribution in [0.2, 0.25) is 0 Å². The molecule has 0 spiro atoms. The lowest BCUT2D eigenvalue weighted by Gasteiger charge is -2.35. The summed E-state index contributed by atoms with van der Waals surface area (Å²) in [6.07, 6.45) is 4.74. The van der Waals surface area contributed by atoms with Crippen molar-refractivity contribution in [2.75, 3.05) is 32.1 Å². The van der Waals surface area contributed by atoms with Crippen molar-refractivity contribution in [3.63, 3.8) is 0 Å². The van der Waals surface area contributed by atoms with Crippen LogP contribution < -0.4 is 10.6 Å². The van der Waals surface area contributed by atoms with E-state index < -0.39 is 5.41 Å². The number of hydrogen-bond acceptors (Lipinski definition) is 5. The van der Waals surface area contributed by atoms with Crippen molar-refractivity contribution in [3.8, 4) is 0 Å². The molecule has 2 N–H and O–H groups in total. The number of methoxy groups -OCH3 is 1. The second-order valence-corrected chi connectivity index (χ2v) is 4.49. The minimum Gasteiger partial charge on any atom is -0.384 e. The van der Waals surface area contributed by atoms with Crippen LogP contribution in [0.25, 0.3) is 0 Å². The maximum atomic E-state index is 12.4. The molecule has 0 unspecified atom stereocenters. The van der Waals surface area contributed by atoms with Gasteiger partial charge in [-0.25, -0.2) is 9.97 Å². The highest BCUT2D eigenvalue weighted by molar-refractivity contribution is 5.94. The van der Waals surface area contributed by atoms with Crippen LogP contribution in [0.4, 0.5) is 5.95 Å². The van der Waals surface area contributed by atoms with Crippen molar-refractivity contribution < 1.29 is 9.53 Å². The molecule has 1 saturated heterocycles. The zero-order valence-corrected chi connectivity index (χ0v) is 10.5. The maximum absolute atomic E-state index is 12.4. The first-order valence-electron chi connectivity index (χ1n) is 6.05. The Hall–Kier alpha value is -1.53. The topological polar surface area (TPSA) is 76.1 Å². The number of aromatic nitrogens is 2. The number of carbonyl (C=O) groups excluding carboxylic acids is 1. The van der Waals surface area contributed by atoms with E-state index in [2.05, 4.69) is 20.6 Å². The Bertz CT molecular complexity index is 385. The summed E-state index contributed by atoms with van der Waals surface area (Å²) >= 11 is 0. The Kier molecular flexibility index (Phi) is 4.22. The number of amides is 1. The first-order chi connectivity index (χ1) is 8.77. The van der Waals surface area contributed by atoms with E-state index in [1.54, 1.807) is 25.6 Å². The third-order valence-electron chi connectivity index (χ3n) is 3.25. The molecule has 0 aliphatic carbocycles. The van der Waals surface area contributed by atoms with Crippen LogP contribution in [0.15, 0.2) is 18.5 Å². The minimum absolute atomic E-state index is 0.0583. The summed E-state index contributed by atoms with van der Waals surface area (Å²) in [6.45, 7) is 2.08. The van der Waals surface area contributed by atoms with Crippen molar-refractivity contribution in [2.45, 2.75) is 12.8 Å². The lowest BCUT2D eigenvalue weighted by molar-refractivity contribution is -0.130. The lowest BCUT2D eigenvalue weighted by Crippen LogP contribution is -2.47. The van der Waals surface area contributed by atoms with Gasteiger partial charge in [-0.05, 0) is 32.0 Å². The van der Waals surface area contributed by atoms with E-state index in [0.29, 0.717) is 12.6 Å². The van der Waals surface area contributed by atoms with Gasteiger partial charge in [-0.3, -0.25) is 10.1 Å². The van der Waals surface area contributed by atoms with E-state index in [1.165, 1.54) is 0 Å². The van der Waals surface area contributed by atoms with Gasteiger partial charge < -0.3 is 10.1 Å². The molecule has 0 atom stereocenters. The molecule has 1 fully saturated rings. The Morgan fingerprint density at radius 3 is 2.72 bits per heavy atom. The summed E-state index contributed by atoms with van der Waals surface area (Å²) in [5.74, 6) is 0.286. The van der Waals surface area contributed by atoms with Gasteiger partial charge in [0, 0.05) is 19.5 Å². The fourth-order valence-electron chi connectivity index (χ4n) is 2.22. The van der Waals surface area contributed by atoms with Crippen molar-refractivity contribution in [3.05, 3.63) is 18.5 Å². The Morgan fingerprint density at radius 2 is 2.11 bits per heavy atom. The van der Waals surface area contributed by atoms with Gasteiger partial charge >= 0.3 is 0 Å². The smallest absolute Gasteiger partial charge is 0.235 e. The van der Waals surface area contributed by atoms with E-state index in [4.69, 9.17) is 4.74 Å². The van der Waals surface area contributed by atoms with Crippen LogP contribution in [-0.4, -0.2) is 42.7 Å². The summed E-state index contributed by atoms with van der Waals surface area (Å²) < 4.78 is 5.21. The predicted octanol–water partition coefficient (Wildman–Crippen LogP) is 0.431. The second kappa shape index (κ2) is 5.88. The molecule has 2 rings (SSSR count). The SMILES string of the molecule is COCC1(C(=O)Nc2ncccn2)CCNCC1. The van der Waals surface area contributed by atoms with E-state index in [1.807, 2.05) is 0 Å². The van der Waals surface area contributed by atoms with Crippen LogP contribution in [0.3, 0.4) is 0 Å². The Labute approximate surface area is 106 Å². The van der Waals surface area contributed by atoms with Gasteiger partial charge in [-0.2, -0.15) is 0 Å².